The van der Waals surface area contributed by atoms with Crippen LogP contribution in [0.25, 0.3) is 21.5 Å². The van der Waals surface area contributed by atoms with E-state index < -0.39 is 23.5 Å². The molecule has 0 amide bonds. The third kappa shape index (κ3) is 10.6. The molecule has 0 fully saturated rings. The molecule has 0 bridgehead atoms. The number of benzene rings is 4. The van der Waals surface area contributed by atoms with Crippen LogP contribution in [0.5, 0.6) is 0 Å². The number of alkyl halides is 6. The van der Waals surface area contributed by atoms with Gasteiger partial charge in [-0.05, 0) is 0 Å². The first-order chi connectivity index (χ1) is 21.4. The van der Waals surface area contributed by atoms with Gasteiger partial charge in [0.2, 0.25) is 0 Å². The van der Waals surface area contributed by atoms with E-state index in [9.17, 15) is 26.3 Å². The number of rotatable bonds is 2. The van der Waals surface area contributed by atoms with Crippen molar-refractivity contribution in [1.82, 2.24) is 0 Å². The average molecular weight is 779 g/mol. The molecule has 1 aliphatic carbocycles. The molecule has 1 aliphatic rings. The molecule has 1 unspecified atom stereocenters. The minimum atomic E-state index is -4.49. The fourth-order valence-electron chi connectivity index (χ4n) is 5.42. The van der Waals surface area contributed by atoms with Crippen molar-refractivity contribution in [2.24, 2.45) is 11.3 Å². The van der Waals surface area contributed by atoms with E-state index in [1.165, 1.54) is 57.0 Å². The predicted molar refractivity (Wildman–Crippen MR) is 172 cm³/mol. The summed E-state index contributed by atoms with van der Waals surface area (Å²) in [6.07, 6.45) is -3.26. The van der Waals surface area contributed by atoms with E-state index in [-0.39, 0.29) is 35.9 Å². The second-order valence-corrected chi connectivity index (χ2v) is 13.5. The summed E-state index contributed by atoms with van der Waals surface area (Å²) in [5.74, 6) is 0.518. The Morgan fingerprint density at radius 3 is 1.42 bits per heavy atom. The van der Waals surface area contributed by atoms with Gasteiger partial charge in [0.25, 0.3) is 0 Å². The van der Waals surface area contributed by atoms with Gasteiger partial charge in [-0.15, -0.1) is 39.7 Å². The summed E-state index contributed by atoms with van der Waals surface area (Å²) in [7, 11) is 0. The second kappa shape index (κ2) is 16.7. The maximum atomic E-state index is 12.7. The number of halogens is 8. The summed E-state index contributed by atoms with van der Waals surface area (Å²) < 4.78 is 76.7. The van der Waals surface area contributed by atoms with Crippen molar-refractivity contribution in [3.05, 3.63) is 149 Å². The van der Waals surface area contributed by atoms with Crippen LogP contribution in [0.3, 0.4) is 0 Å². The van der Waals surface area contributed by atoms with Gasteiger partial charge < -0.3 is 24.8 Å². The Kier molecular flexibility index (Phi) is 14.4. The molecule has 0 N–H and O–H groups in total. The fraction of sp³-hybridized carbons (Fsp3) is 0.231. The zero-order chi connectivity index (χ0) is 33.9. The van der Waals surface area contributed by atoms with Crippen LogP contribution >= 0.6 is 0 Å². The molecule has 0 aliphatic heterocycles. The SMILES string of the molecule is CC1=[C-]C(C)C=C1C(C)(C)C.FC(F)(F)c1cccc([C](=[Zr+2])c2cccc(C(F)(F)F)c2)c1.[Cl-].[Cl-].c1ccc2c(c1)[cH-]c1ccccc12. The third-order valence-corrected chi connectivity index (χ3v) is 8.97. The zero-order valence-electron chi connectivity index (χ0n) is 27.0. The van der Waals surface area contributed by atoms with Crippen LogP contribution < -0.4 is 24.8 Å². The predicted octanol–water partition coefficient (Wildman–Crippen LogP) is 5.92. The van der Waals surface area contributed by atoms with E-state index in [2.05, 4.69) is 101 Å². The first kappa shape index (κ1) is 41.3. The maximum Gasteiger partial charge on any atom is -0.0771 e. The summed E-state index contributed by atoms with van der Waals surface area (Å²) in [5.41, 5.74) is 1.99. The van der Waals surface area contributed by atoms with Crippen LogP contribution in [0.1, 0.15) is 56.9 Å². The number of hydrogen-bond acceptors (Lipinski definition) is 0. The first-order valence-corrected chi connectivity index (χ1v) is 16.0. The summed E-state index contributed by atoms with van der Waals surface area (Å²) >= 11 is 0.729. The van der Waals surface area contributed by atoms with E-state index in [0.717, 1.165) is 48.5 Å². The summed E-state index contributed by atoms with van der Waals surface area (Å²) in [5, 5.41) is 5.39. The Hall–Kier alpha value is -2.86. The number of hydrogen-bond donors (Lipinski definition) is 0. The van der Waals surface area contributed by atoms with Crippen LogP contribution in [0.2, 0.25) is 0 Å². The molecule has 0 spiro atoms. The summed E-state index contributed by atoms with van der Waals surface area (Å²) in [4.78, 5) is 0. The van der Waals surface area contributed by atoms with Gasteiger partial charge in [-0.3, -0.25) is 6.08 Å². The monoisotopic (exact) mass is 776 g/mol. The molecular weight excluding hydrogens is 745 g/mol. The quantitative estimate of drug-likeness (QED) is 0.155. The third-order valence-electron chi connectivity index (χ3n) is 7.55. The smallest absolute Gasteiger partial charge is 0.0771 e. The number of allylic oxidation sites excluding steroid dienone is 4. The molecule has 5 aromatic carbocycles. The van der Waals surface area contributed by atoms with Crippen molar-refractivity contribution < 1.29 is 75.4 Å². The van der Waals surface area contributed by atoms with Crippen LogP contribution in [-0.2, 0) is 36.6 Å². The van der Waals surface area contributed by atoms with Crippen molar-refractivity contribution in [2.75, 3.05) is 0 Å². The van der Waals surface area contributed by atoms with Crippen molar-refractivity contribution in [3.8, 4) is 0 Å². The molecule has 0 radical (unpaired) electrons. The molecule has 1 atom stereocenters. The molecule has 5 aromatic rings. The molecular formula is C39H34Cl2F6Zr-2. The molecule has 48 heavy (non-hydrogen) atoms. The van der Waals surface area contributed by atoms with E-state index >= 15 is 0 Å². The van der Waals surface area contributed by atoms with Crippen LogP contribution in [0.15, 0.2) is 120 Å². The zero-order valence-corrected chi connectivity index (χ0v) is 31.0. The average Bonchev–Trinajstić information content (AvgIpc) is 3.55. The molecule has 0 saturated heterocycles. The Morgan fingerprint density at radius 2 is 1.08 bits per heavy atom. The van der Waals surface area contributed by atoms with Gasteiger partial charge in [0, 0.05) is 0 Å². The van der Waals surface area contributed by atoms with Gasteiger partial charge >= 0.3 is 137 Å². The van der Waals surface area contributed by atoms with Crippen LogP contribution in [0.4, 0.5) is 26.3 Å². The Morgan fingerprint density at radius 1 is 0.667 bits per heavy atom. The maximum absolute atomic E-state index is 12.7. The Balaban J connectivity index is 0.000000263. The Labute approximate surface area is 305 Å². The minimum absolute atomic E-state index is 0. The van der Waals surface area contributed by atoms with Gasteiger partial charge in [0.1, 0.15) is 0 Å². The van der Waals surface area contributed by atoms with E-state index in [1.807, 2.05) is 0 Å². The molecule has 0 nitrogen and oxygen atoms in total. The number of fused-ring (bicyclic) bond motifs is 3. The second-order valence-electron chi connectivity index (χ2n) is 12.2. The van der Waals surface area contributed by atoms with E-state index in [4.69, 9.17) is 0 Å². The summed E-state index contributed by atoms with van der Waals surface area (Å²) in [6, 6.07) is 28.4. The molecule has 0 heterocycles. The van der Waals surface area contributed by atoms with Crippen molar-refractivity contribution in [3.63, 3.8) is 0 Å². The van der Waals surface area contributed by atoms with Crippen LogP contribution in [0, 0.1) is 17.4 Å². The molecule has 6 rings (SSSR count). The fourth-order valence-corrected chi connectivity index (χ4v) is 6.19. The molecule has 0 saturated carbocycles. The van der Waals surface area contributed by atoms with Crippen LogP contribution in [-0.4, -0.2) is 3.21 Å². The van der Waals surface area contributed by atoms with Crippen molar-refractivity contribution in [1.29, 1.82) is 0 Å². The van der Waals surface area contributed by atoms with E-state index in [0.29, 0.717) is 14.5 Å². The largest absolute Gasteiger partial charge is 1.00 e. The topological polar surface area (TPSA) is 0 Å². The van der Waals surface area contributed by atoms with Gasteiger partial charge in [-0.25, -0.2) is 5.57 Å². The van der Waals surface area contributed by atoms with E-state index in [1.54, 1.807) is 0 Å². The first-order valence-electron chi connectivity index (χ1n) is 14.7. The Bertz CT molecular complexity index is 1800. The molecule has 9 heteroatoms. The normalized spacial score (nSPS) is 14.4. The van der Waals surface area contributed by atoms with Gasteiger partial charge in [0.05, 0.1) is 0 Å². The van der Waals surface area contributed by atoms with Crippen molar-refractivity contribution >= 4 is 24.8 Å². The summed E-state index contributed by atoms with van der Waals surface area (Å²) in [6.45, 7) is 11.1. The minimum Gasteiger partial charge on any atom is -1.00 e. The molecule has 0 aromatic heterocycles. The standard InChI is InChI=1S/C15H8F6.C13H9.C11H17.2ClH.Zr/c16-14(17,18)12-5-1-3-10(8-12)7-11-4-2-6-13(9-11)15(19,20)21;1-3-7-12-10(5-1)9-11-6-2-4-8-13(11)12;1-8-6-9(2)10(7-8)11(3,4)5;;;/h1-6,8-9H;1-9H;7-8H,1-5H3;2*1H;/q;2*-1;;;+2/p-2. The van der Waals surface area contributed by atoms with Crippen molar-refractivity contribution in [2.45, 2.75) is 47.0 Å². The van der Waals surface area contributed by atoms with Gasteiger partial charge in [-0.2, -0.15) is 11.6 Å². The van der Waals surface area contributed by atoms with Gasteiger partial charge in [0.15, 0.2) is 0 Å². The van der Waals surface area contributed by atoms with Gasteiger partial charge in [-0.1, -0.05) is 82.3 Å². The molecule has 252 valence electrons.